The van der Waals surface area contributed by atoms with Crippen molar-refractivity contribution in [3.63, 3.8) is 0 Å². The predicted molar refractivity (Wildman–Crippen MR) is 80.3 cm³/mol. The van der Waals surface area contributed by atoms with Crippen molar-refractivity contribution >= 4 is 15.7 Å². The molecule has 1 aromatic carbocycles. The molecule has 0 saturated heterocycles. The molecule has 0 saturated carbocycles. The Morgan fingerprint density at radius 1 is 1.32 bits per heavy atom. The average molecular weight is 323 g/mol. The third kappa shape index (κ3) is 4.36. The van der Waals surface area contributed by atoms with Gasteiger partial charge in [0.15, 0.2) is 16.4 Å². The number of carbonyl (C=O) groups is 1. The second-order valence-electron chi connectivity index (χ2n) is 4.84. The van der Waals surface area contributed by atoms with Gasteiger partial charge in [-0.15, -0.1) is 0 Å². The van der Waals surface area contributed by atoms with Crippen molar-refractivity contribution in [2.75, 3.05) is 12.9 Å². The molecular weight excluding hydrogens is 306 g/mol. The van der Waals surface area contributed by atoms with Crippen LogP contribution in [0.1, 0.15) is 18.7 Å². The summed E-state index contributed by atoms with van der Waals surface area (Å²) in [6.07, 6.45) is 2.65. The lowest BCUT2D eigenvalue weighted by Gasteiger charge is -2.12. The molecule has 0 aliphatic rings. The van der Waals surface area contributed by atoms with Gasteiger partial charge in [-0.1, -0.05) is 6.07 Å². The van der Waals surface area contributed by atoms with Gasteiger partial charge in [-0.05, 0) is 37.3 Å². The normalized spacial score (nSPS) is 12.6. The Labute approximate surface area is 129 Å². The molecule has 0 aliphatic carbocycles. The standard InChI is InChI=1S/C15H17NO5S/c1-11(14-7-4-8-20-14)16-15(17)10-21-12-5-3-6-13(9-12)22(2,18)19/h3-9,11H,10H2,1-2H3,(H,16,17). The SMILES string of the molecule is CC(NC(=O)COc1cccc(S(C)(=O)=O)c1)c1ccco1. The topological polar surface area (TPSA) is 85.6 Å². The number of carbonyl (C=O) groups excluding carboxylic acids is 1. The zero-order valence-corrected chi connectivity index (χ0v) is 13.1. The van der Waals surface area contributed by atoms with Gasteiger partial charge < -0.3 is 14.5 Å². The van der Waals surface area contributed by atoms with Gasteiger partial charge >= 0.3 is 0 Å². The largest absolute Gasteiger partial charge is 0.484 e. The minimum atomic E-state index is -3.31. The summed E-state index contributed by atoms with van der Waals surface area (Å²) >= 11 is 0. The lowest BCUT2D eigenvalue weighted by atomic mass is 10.2. The van der Waals surface area contributed by atoms with Crippen molar-refractivity contribution < 1.29 is 22.4 Å². The van der Waals surface area contributed by atoms with Crippen molar-refractivity contribution in [2.45, 2.75) is 17.9 Å². The van der Waals surface area contributed by atoms with Crippen LogP contribution in [0.25, 0.3) is 0 Å². The van der Waals surface area contributed by atoms with Gasteiger partial charge in [0.05, 0.1) is 17.2 Å². The number of rotatable bonds is 6. The molecule has 1 N–H and O–H groups in total. The fourth-order valence-electron chi connectivity index (χ4n) is 1.84. The van der Waals surface area contributed by atoms with Gasteiger partial charge in [0, 0.05) is 6.26 Å². The van der Waals surface area contributed by atoms with Crippen molar-refractivity contribution in [3.8, 4) is 5.75 Å². The van der Waals surface area contributed by atoms with Gasteiger partial charge in [-0.2, -0.15) is 0 Å². The van der Waals surface area contributed by atoms with E-state index in [2.05, 4.69) is 5.32 Å². The fraction of sp³-hybridized carbons (Fsp3) is 0.267. The van der Waals surface area contributed by atoms with E-state index in [1.807, 2.05) is 0 Å². The van der Waals surface area contributed by atoms with Crippen LogP contribution in [0.5, 0.6) is 5.75 Å². The Balaban J connectivity index is 1.91. The molecule has 2 rings (SSSR count). The monoisotopic (exact) mass is 323 g/mol. The van der Waals surface area contributed by atoms with E-state index in [0.29, 0.717) is 11.5 Å². The number of furan rings is 1. The lowest BCUT2D eigenvalue weighted by Crippen LogP contribution is -2.31. The highest BCUT2D eigenvalue weighted by Crippen LogP contribution is 2.17. The quantitative estimate of drug-likeness (QED) is 0.878. The van der Waals surface area contributed by atoms with Gasteiger partial charge in [0.1, 0.15) is 11.5 Å². The number of sulfone groups is 1. The van der Waals surface area contributed by atoms with Crippen molar-refractivity contribution in [3.05, 3.63) is 48.4 Å². The molecular formula is C15H17NO5S. The minimum Gasteiger partial charge on any atom is -0.484 e. The highest BCUT2D eigenvalue weighted by atomic mass is 32.2. The molecule has 7 heteroatoms. The highest BCUT2D eigenvalue weighted by molar-refractivity contribution is 7.90. The molecule has 0 aliphatic heterocycles. The van der Waals surface area contributed by atoms with E-state index in [0.717, 1.165) is 6.26 Å². The van der Waals surface area contributed by atoms with E-state index >= 15 is 0 Å². The molecule has 22 heavy (non-hydrogen) atoms. The van der Waals surface area contributed by atoms with Crippen LogP contribution in [0, 0.1) is 0 Å². The molecule has 1 unspecified atom stereocenters. The Bertz CT molecular complexity index is 737. The van der Waals surface area contributed by atoms with E-state index in [9.17, 15) is 13.2 Å². The van der Waals surface area contributed by atoms with Crippen LogP contribution in [0.15, 0.2) is 52.0 Å². The molecule has 1 amide bonds. The predicted octanol–water partition coefficient (Wildman–Crippen LogP) is 1.94. The van der Waals surface area contributed by atoms with E-state index in [-0.39, 0.29) is 23.5 Å². The summed E-state index contributed by atoms with van der Waals surface area (Å²) in [4.78, 5) is 12.0. The first-order valence-electron chi connectivity index (χ1n) is 6.62. The fourth-order valence-corrected chi connectivity index (χ4v) is 2.49. The van der Waals surface area contributed by atoms with Crippen molar-refractivity contribution in [2.24, 2.45) is 0 Å². The maximum absolute atomic E-state index is 11.8. The summed E-state index contributed by atoms with van der Waals surface area (Å²) in [6, 6.07) is 9.26. The maximum atomic E-state index is 11.8. The van der Waals surface area contributed by atoms with E-state index in [1.165, 1.54) is 18.4 Å². The number of nitrogens with one attached hydrogen (secondary N) is 1. The van der Waals surface area contributed by atoms with Crippen LogP contribution < -0.4 is 10.1 Å². The van der Waals surface area contributed by atoms with Gasteiger partial charge in [-0.3, -0.25) is 4.79 Å². The molecule has 0 spiro atoms. The third-order valence-corrected chi connectivity index (χ3v) is 4.06. The van der Waals surface area contributed by atoms with E-state index in [4.69, 9.17) is 9.15 Å². The zero-order chi connectivity index (χ0) is 16.2. The van der Waals surface area contributed by atoms with E-state index in [1.54, 1.807) is 31.2 Å². The van der Waals surface area contributed by atoms with Crippen LogP contribution in [-0.2, 0) is 14.6 Å². The highest BCUT2D eigenvalue weighted by Gasteiger charge is 2.13. The summed E-state index contributed by atoms with van der Waals surface area (Å²) in [5.41, 5.74) is 0. The van der Waals surface area contributed by atoms with Crippen molar-refractivity contribution in [1.82, 2.24) is 5.32 Å². The molecule has 2 aromatic rings. The Morgan fingerprint density at radius 2 is 2.09 bits per heavy atom. The summed E-state index contributed by atoms with van der Waals surface area (Å²) in [5, 5.41) is 2.72. The summed E-state index contributed by atoms with van der Waals surface area (Å²) in [5.74, 6) is 0.643. The molecule has 1 heterocycles. The van der Waals surface area contributed by atoms with Gasteiger partial charge in [0.25, 0.3) is 5.91 Å². The van der Waals surface area contributed by atoms with Gasteiger partial charge in [0.2, 0.25) is 0 Å². The number of hydrogen-bond acceptors (Lipinski definition) is 5. The number of amides is 1. The third-order valence-electron chi connectivity index (χ3n) is 2.95. The number of ether oxygens (including phenoxy) is 1. The molecule has 1 aromatic heterocycles. The van der Waals surface area contributed by atoms with Crippen LogP contribution in [-0.4, -0.2) is 27.2 Å². The Hall–Kier alpha value is -2.28. The number of benzene rings is 1. The number of hydrogen-bond donors (Lipinski definition) is 1. The second-order valence-corrected chi connectivity index (χ2v) is 6.86. The first-order valence-corrected chi connectivity index (χ1v) is 8.51. The summed E-state index contributed by atoms with van der Waals surface area (Å²) < 4.78 is 33.4. The van der Waals surface area contributed by atoms with E-state index < -0.39 is 9.84 Å². The smallest absolute Gasteiger partial charge is 0.258 e. The molecule has 6 nitrogen and oxygen atoms in total. The Morgan fingerprint density at radius 3 is 2.73 bits per heavy atom. The van der Waals surface area contributed by atoms with Crippen LogP contribution in [0.3, 0.4) is 0 Å². The summed E-state index contributed by atoms with van der Waals surface area (Å²) in [6.45, 7) is 1.58. The maximum Gasteiger partial charge on any atom is 0.258 e. The van der Waals surface area contributed by atoms with Crippen LogP contribution in [0.2, 0.25) is 0 Å². The average Bonchev–Trinajstić information content (AvgIpc) is 2.99. The second kappa shape index (κ2) is 6.65. The minimum absolute atomic E-state index is 0.148. The molecule has 1 atom stereocenters. The zero-order valence-electron chi connectivity index (χ0n) is 12.3. The molecule has 0 bridgehead atoms. The first-order chi connectivity index (χ1) is 10.4. The molecule has 0 fully saturated rings. The molecule has 0 radical (unpaired) electrons. The van der Waals surface area contributed by atoms with Crippen LogP contribution in [0.4, 0.5) is 0 Å². The van der Waals surface area contributed by atoms with Gasteiger partial charge in [-0.25, -0.2) is 8.42 Å². The van der Waals surface area contributed by atoms with Crippen molar-refractivity contribution in [1.29, 1.82) is 0 Å². The molecule has 118 valence electrons. The van der Waals surface area contributed by atoms with Crippen LogP contribution >= 0.6 is 0 Å². The first kappa shape index (κ1) is 16.1. The lowest BCUT2D eigenvalue weighted by molar-refractivity contribution is -0.123. The Kier molecular flexibility index (Phi) is 4.87. The summed E-state index contributed by atoms with van der Waals surface area (Å²) in [7, 11) is -3.31.